The second-order valence-corrected chi connectivity index (χ2v) is 13.1. The van der Waals surface area contributed by atoms with Crippen molar-refractivity contribution in [3.8, 4) is 11.1 Å². The number of amides is 2. The third-order valence-corrected chi connectivity index (χ3v) is 7.67. The topological polar surface area (TPSA) is 155 Å². The summed E-state index contributed by atoms with van der Waals surface area (Å²) < 4.78 is 60.4. The highest BCUT2D eigenvalue weighted by molar-refractivity contribution is 7.91. The van der Waals surface area contributed by atoms with Crippen LogP contribution < -0.4 is 21.3 Å². The van der Waals surface area contributed by atoms with Crippen LogP contribution in [0.1, 0.15) is 18.1 Å². The monoisotopic (exact) mass is 656 g/mol. The van der Waals surface area contributed by atoms with E-state index < -0.39 is 27.5 Å². The molecule has 0 aliphatic heterocycles. The van der Waals surface area contributed by atoms with Gasteiger partial charge in [0.25, 0.3) is 0 Å². The number of rotatable bonds is 11. The Balaban J connectivity index is 1.53. The highest BCUT2D eigenvalue weighted by Crippen LogP contribution is 2.33. The largest absolute Gasteiger partial charge is 0.416 e. The molecule has 0 saturated carbocycles. The van der Waals surface area contributed by atoms with Crippen molar-refractivity contribution < 1.29 is 27.3 Å². The fraction of sp³-hybridized carbons (Fsp3) is 0.258. The van der Waals surface area contributed by atoms with Gasteiger partial charge < -0.3 is 31.3 Å². The van der Waals surface area contributed by atoms with Crippen LogP contribution in [0.5, 0.6) is 0 Å². The van der Waals surface area contributed by atoms with Crippen molar-refractivity contribution in [2.75, 3.05) is 48.2 Å². The Morgan fingerprint density at radius 3 is 2.35 bits per heavy atom. The molecule has 4 aromatic rings. The van der Waals surface area contributed by atoms with Crippen LogP contribution in [0.4, 0.5) is 46.8 Å². The van der Waals surface area contributed by atoms with E-state index in [1.54, 1.807) is 80.6 Å². The lowest BCUT2D eigenvalue weighted by molar-refractivity contribution is -0.137. The molecule has 3 aromatic carbocycles. The van der Waals surface area contributed by atoms with Crippen molar-refractivity contribution in [3.05, 3.63) is 84.1 Å². The molecule has 11 nitrogen and oxygen atoms in total. The molecule has 4 rings (SSSR count). The van der Waals surface area contributed by atoms with Crippen molar-refractivity contribution in [3.63, 3.8) is 0 Å². The van der Waals surface area contributed by atoms with Crippen molar-refractivity contribution in [2.24, 2.45) is 0 Å². The molecule has 0 radical (unpaired) electrons. The number of urea groups is 1. The number of carbonyl (C=O) groups is 1. The first-order valence-corrected chi connectivity index (χ1v) is 16.0. The normalized spacial score (nSPS) is 13.5. The predicted octanol–water partition coefficient (Wildman–Crippen LogP) is 6.44. The first kappa shape index (κ1) is 34.1. The number of benzene rings is 3. The highest BCUT2D eigenvalue weighted by Gasteiger charge is 2.31. The number of nitrogens with zero attached hydrogens (tertiary/aromatic N) is 3. The summed E-state index contributed by atoms with van der Waals surface area (Å²) in [6, 6.07) is 15.6. The second kappa shape index (κ2) is 14.1. The first-order chi connectivity index (χ1) is 21.6. The van der Waals surface area contributed by atoms with Gasteiger partial charge in [-0.1, -0.05) is 18.2 Å². The molecule has 15 heteroatoms. The van der Waals surface area contributed by atoms with Gasteiger partial charge >= 0.3 is 12.2 Å². The molecule has 1 aromatic heterocycles. The minimum Gasteiger partial charge on any atom is -0.394 e. The number of anilines is 5. The molecule has 0 bridgehead atoms. The average Bonchev–Trinajstić information content (AvgIpc) is 2.96. The summed E-state index contributed by atoms with van der Waals surface area (Å²) in [6.07, 6.45) is -1.66. The van der Waals surface area contributed by atoms with Gasteiger partial charge in [-0.05, 0) is 80.7 Å². The van der Waals surface area contributed by atoms with E-state index in [0.717, 1.165) is 12.1 Å². The lowest BCUT2D eigenvalue weighted by Crippen LogP contribution is -2.21. The number of carbonyl (C=O) groups excluding carboxylic acids is 1. The SMILES string of the molecule is C[C@H](CO)Nc1nc(Nc2cccc(S(C)(=N)=O)c2)ncc1-c1ccc(NC(=O)Nc2cc(CN(C)C)cc(C(F)(F)F)c2)cc1. The van der Waals surface area contributed by atoms with E-state index in [4.69, 9.17) is 4.78 Å². The van der Waals surface area contributed by atoms with Gasteiger partial charge in [-0.3, -0.25) is 0 Å². The van der Waals surface area contributed by atoms with Gasteiger partial charge in [0.05, 0.1) is 21.9 Å². The van der Waals surface area contributed by atoms with E-state index in [1.165, 1.54) is 12.3 Å². The summed E-state index contributed by atoms with van der Waals surface area (Å²) >= 11 is 0. The van der Waals surface area contributed by atoms with Crippen molar-refractivity contribution in [1.82, 2.24) is 14.9 Å². The molecule has 0 saturated heterocycles. The number of aliphatic hydroxyl groups is 1. The van der Waals surface area contributed by atoms with Gasteiger partial charge in [0.2, 0.25) is 5.95 Å². The maximum atomic E-state index is 13.5. The lowest BCUT2D eigenvalue weighted by Gasteiger charge is -2.17. The molecular weight excluding hydrogens is 621 g/mol. The van der Waals surface area contributed by atoms with Crippen LogP contribution in [-0.2, 0) is 22.5 Å². The Morgan fingerprint density at radius 2 is 1.72 bits per heavy atom. The van der Waals surface area contributed by atoms with E-state index in [9.17, 15) is 27.3 Å². The summed E-state index contributed by atoms with van der Waals surface area (Å²) in [7, 11) is 0.550. The summed E-state index contributed by atoms with van der Waals surface area (Å²) in [5.41, 5.74) is 1.75. The van der Waals surface area contributed by atoms with Gasteiger partial charge in [-0.15, -0.1) is 0 Å². The standard InChI is InChI=1S/C31H35F3N8O3S/c1-19(18-43)37-28-27(16-36-29(41-28)38-24-6-5-7-26(15-24)46(4,35)45)21-8-10-23(11-9-21)39-30(44)40-25-13-20(17-42(2)3)12-22(14-25)31(32,33)34/h5-16,19,35,43H,17-18H2,1-4H3,(H2,39,40,44)(H2,36,37,38,41)/t19-,46?/m1/s1. The molecule has 2 atom stereocenters. The van der Waals surface area contributed by atoms with Gasteiger partial charge in [0, 0.05) is 52.6 Å². The maximum Gasteiger partial charge on any atom is 0.416 e. The number of hydrogen-bond donors (Lipinski definition) is 6. The van der Waals surface area contributed by atoms with Gasteiger partial charge in [-0.25, -0.2) is 18.8 Å². The summed E-state index contributed by atoms with van der Waals surface area (Å²) in [4.78, 5) is 23.7. The lowest BCUT2D eigenvalue weighted by atomic mass is 10.1. The smallest absolute Gasteiger partial charge is 0.394 e. The minimum atomic E-state index is -4.57. The van der Waals surface area contributed by atoms with Crippen LogP contribution in [-0.4, -0.2) is 63.2 Å². The third kappa shape index (κ3) is 9.39. The van der Waals surface area contributed by atoms with E-state index in [1.807, 2.05) is 0 Å². The van der Waals surface area contributed by atoms with E-state index >= 15 is 0 Å². The molecular formula is C31H35F3N8O3S. The van der Waals surface area contributed by atoms with Crippen LogP contribution in [0.15, 0.2) is 77.8 Å². The Hall–Kier alpha value is -4.73. The van der Waals surface area contributed by atoms with Crippen LogP contribution in [0.25, 0.3) is 11.1 Å². The van der Waals surface area contributed by atoms with Crippen LogP contribution >= 0.6 is 0 Å². The summed E-state index contributed by atoms with van der Waals surface area (Å²) in [5.74, 6) is 0.630. The molecule has 0 fully saturated rings. The average molecular weight is 657 g/mol. The zero-order valence-corrected chi connectivity index (χ0v) is 26.4. The zero-order chi connectivity index (χ0) is 33.6. The molecule has 1 unspecified atom stereocenters. The molecule has 0 aliphatic carbocycles. The number of aromatic nitrogens is 2. The fourth-order valence-electron chi connectivity index (χ4n) is 4.40. The predicted molar refractivity (Wildman–Crippen MR) is 174 cm³/mol. The van der Waals surface area contributed by atoms with E-state index in [2.05, 4.69) is 31.2 Å². The molecule has 46 heavy (non-hydrogen) atoms. The van der Waals surface area contributed by atoms with Gasteiger partial charge in [0.15, 0.2) is 0 Å². The van der Waals surface area contributed by atoms with Gasteiger partial charge in [0.1, 0.15) is 5.82 Å². The molecule has 2 amide bonds. The number of halogens is 3. The van der Waals surface area contributed by atoms with Crippen LogP contribution in [0.2, 0.25) is 0 Å². The van der Waals surface area contributed by atoms with Crippen molar-refractivity contribution in [1.29, 1.82) is 4.78 Å². The highest BCUT2D eigenvalue weighted by atomic mass is 32.2. The number of aliphatic hydroxyl groups excluding tert-OH is 1. The number of nitrogens with one attached hydrogen (secondary N) is 5. The van der Waals surface area contributed by atoms with Crippen molar-refractivity contribution in [2.45, 2.75) is 30.6 Å². The molecule has 1 heterocycles. The fourth-order valence-corrected chi connectivity index (χ4v) is 5.09. The Kier molecular flexibility index (Phi) is 10.5. The number of hydrogen-bond acceptors (Lipinski definition) is 9. The maximum absolute atomic E-state index is 13.5. The Morgan fingerprint density at radius 1 is 1.02 bits per heavy atom. The first-order valence-electron chi connectivity index (χ1n) is 14.0. The van der Waals surface area contributed by atoms with E-state index in [0.29, 0.717) is 38.8 Å². The molecule has 244 valence electrons. The van der Waals surface area contributed by atoms with Crippen molar-refractivity contribution >= 4 is 44.6 Å². The third-order valence-electron chi connectivity index (χ3n) is 6.52. The van der Waals surface area contributed by atoms with Gasteiger partial charge in [-0.2, -0.15) is 18.2 Å². The zero-order valence-electron chi connectivity index (χ0n) is 25.6. The molecule has 0 aliphatic rings. The minimum absolute atomic E-state index is 0.00933. The second-order valence-electron chi connectivity index (χ2n) is 11.0. The Labute approximate surface area is 265 Å². The Bertz CT molecular complexity index is 1800. The summed E-state index contributed by atoms with van der Waals surface area (Å²) in [6.45, 7) is 1.87. The number of alkyl halides is 3. The summed E-state index contributed by atoms with van der Waals surface area (Å²) in [5, 5.41) is 20.9. The van der Waals surface area contributed by atoms with Crippen LogP contribution in [0.3, 0.4) is 0 Å². The molecule has 6 N–H and O–H groups in total. The quantitative estimate of drug-likeness (QED) is 0.108. The van der Waals surface area contributed by atoms with Crippen LogP contribution in [0, 0.1) is 4.78 Å². The molecule has 0 spiro atoms. The van der Waals surface area contributed by atoms with E-state index in [-0.39, 0.29) is 30.8 Å².